The van der Waals surface area contributed by atoms with Crippen molar-refractivity contribution in [3.05, 3.63) is 21.9 Å². The van der Waals surface area contributed by atoms with Gasteiger partial charge in [-0.2, -0.15) is 0 Å². The van der Waals surface area contributed by atoms with Gasteiger partial charge in [-0.15, -0.1) is 11.3 Å². The molecule has 0 bridgehead atoms. The van der Waals surface area contributed by atoms with E-state index in [4.69, 9.17) is 5.73 Å². The largest absolute Gasteiger partial charge is 0.329 e. The van der Waals surface area contributed by atoms with Crippen molar-refractivity contribution in [1.82, 2.24) is 4.90 Å². The van der Waals surface area contributed by atoms with Gasteiger partial charge < -0.3 is 5.73 Å². The summed E-state index contributed by atoms with van der Waals surface area (Å²) in [5, 5.41) is 2.26. The average molecular weight is 292 g/mol. The molecule has 0 amide bonds. The van der Waals surface area contributed by atoms with Gasteiger partial charge in [0.25, 0.3) is 0 Å². The van der Waals surface area contributed by atoms with Crippen LogP contribution in [0, 0.1) is 11.8 Å². The Bertz CT molecular complexity index is 469. The minimum Gasteiger partial charge on any atom is -0.329 e. The molecular weight excluding hydrogens is 264 g/mol. The van der Waals surface area contributed by atoms with Gasteiger partial charge in [0.1, 0.15) is 0 Å². The molecule has 2 N–H and O–H groups in total. The molecule has 3 heteroatoms. The summed E-state index contributed by atoms with van der Waals surface area (Å²) < 4.78 is 0. The molecule has 4 unspecified atom stereocenters. The van der Waals surface area contributed by atoms with E-state index in [1.807, 2.05) is 11.3 Å². The number of hydrogen-bond donors (Lipinski definition) is 1. The normalized spacial score (nSPS) is 38.7. The molecule has 1 fully saturated rings. The highest BCUT2D eigenvalue weighted by molar-refractivity contribution is 7.10. The number of rotatable bonds is 2. The van der Waals surface area contributed by atoms with E-state index < -0.39 is 0 Å². The second-order valence-electron chi connectivity index (χ2n) is 7.04. The SMILES string of the molecule is CC1CCC(CN)(N2CCc3sccc3C2C)CC1C. The number of nitrogens with two attached hydrogens (primary N) is 1. The van der Waals surface area contributed by atoms with Crippen molar-refractivity contribution in [2.24, 2.45) is 17.6 Å². The quantitative estimate of drug-likeness (QED) is 0.898. The van der Waals surface area contributed by atoms with Crippen LogP contribution in [0.3, 0.4) is 0 Å². The molecule has 4 atom stereocenters. The van der Waals surface area contributed by atoms with Gasteiger partial charge in [-0.3, -0.25) is 4.90 Å². The Hall–Kier alpha value is -0.380. The fraction of sp³-hybridized carbons (Fsp3) is 0.765. The van der Waals surface area contributed by atoms with Gasteiger partial charge in [-0.25, -0.2) is 0 Å². The van der Waals surface area contributed by atoms with Crippen LogP contribution in [0.15, 0.2) is 11.4 Å². The molecule has 1 aromatic heterocycles. The maximum Gasteiger partial charge on any atom is 0.0340 e. The van der Waals surface area contributed by atoms with Crippen LogP contribution in [-0.4, -0.2) is 23.5 Å². The lowest BCUT2D eigenvalue weighted by Gasteiger charge is -2.53. The molecular formula is C17H28N2S. The second-order valence-corrected chi connectivity index (χ2v) is 8.04. The Balaban J connectivity index is 1.87. The molecule has 112 valence electrons. The summed E-state index contributed by atoms with van der Waals surface area (Å²) in [7, 11) is 0. The van der Waals surface area contributed by atoms with Gasteiger partial charge in [-0.1, -0.05) is 13.8 Å². The van der Waals surface area contributed by atoms with Crippen molar-refractivity contribution in [3.8, 4) is 0 Å². The summed E-state index contributed by atoms with van der Waals surface area (Å²) in [5.41, 5.74) is 8.09. The van der Waals surface area contributed by atoms with Gasteiger partial charge in [0.2, 0.25) is 0 Å². The minimum absolute atomic E-state index is 0.241. The molecule has 20 heavy (non-hydrogen) atoms. The molecule has 1 saturated carbocycles. The summed E-state index contributed by atoms with van der Waals surface area (Å²) in [6, 6.07) is 2.87. The zero-order valence-corrected chi connectivity index (χ0v) is 13.9. The van der Waals surface area contributed by atoms with E-state index in [9.17, 15) is 0 Å². The van der Waals surface area contributed by atoms with Crippen molar-refractivity contribution >= 4 is 11.3 Å². The summed E-state index contributed by atoms with van der Waals surface area (Å²) in [6.45, 7) is 9.20. The molecule has 1 aromatic rings. The Labute approximate surface area is 127 Å². The van der Waals surface area contributed by atoms with E-state index in [1.54, 1.807) is 10.4 Å². The summed E-state index contributed by atoms with van der Waals surface area (Å²) in [5.74, 6) is 1.65. The highest BCUT2D eigenvalue weighted by atomic mass is 32.1. The predicted molar refractivity (Wildman–Crippen MR) is 87.1 cm³/mol. The summed E-state index contributed by atoms with van der Waals surface area (Å²) >= 11 is 1.93. The fourth-order valence-corrected chi connectivity index (χ4v) is 5.37. The molecule has 1 aliphatic carbocycles. The molecule has 1 aliphatic heterocycles. The lowest BCUT2D eigenvalue weighted by atomic mass is 9.69. The fourth-order valence-electron chi connectivity index (χ4n) is 4.40. The maximum absolute atomic E-state index is 6.30. The van der Waals surface area contributed by atoms with Gasteiger partial charge in [-0.05, 0) is 61.5 Å². The van der Waals surface area contributed by atoms with E-state index in [2.05, 4.69) is 37.1 Å². The number of nitrogens with zero attached hydrogens (tertiary/aromatic N) is 1. The first kappa shape index (κ1) is 14.6. The lowest BCUT2D eigenvalue weighted by molar-refractivity contribution is -0.00952. The maximum atomic E-state index is 6.30. The third-order valence-corrected chi connectivity index (χ3v) is 7.00. The van der Waals surface area contributed by atoms with Crippen LogP contribution in [0.1, 0.15) is 56.5 Å². The topological polar surface area (TPSA) is 29.3 Å². The second kappa shape index (κ2) is 5.43. The standard InChI is InChI=1S/C17H28N2S/c1-12-4-7-17(11-18,10-13(12)2)19-8-5-16-15(14(19)3)6-9-20-16/h6,9,12-14H,4-5,7-8,10-11,18H2,1-3H3. The number of hydrogen-bond acceptors (Lipinski definition) is 3. The first-order chi connectivity index (χ1) is 9.57. The average Bonchev–Trinajstić information content (AvgIpc) is 2.92. The Morgan fingerprint density at radius 2 is 2.15 bits per heavy atom. The zero-order valence-electron chi connectivity index (χ0n) is 13.1. The molecule has 2 aliphatic rings. The molecule has 2 nitrogen and oxygen atoms in total. The van der Waals surface area contributed by atoms with Gasteiger partial charge in [0.05, 0.1) is 0 Å². The van der Waals surface area contributed by atoms with Crippen LogP contribution in [0.4, 0.5) is 0 Å². The zero-order chi connectivity index (χ0) is 14.3. The minimum atomic E-state index is 0.241. The van der Waals surface area contributed by atoms with Crippen molar-refractivity contribution in [3.63, 3.8) is 0 Å². The smallest absolute Gasteiger partial charge is 0.0340 e. The van der Waals surface area contributed by atoms with Crippen LogP contribution in [0.2, 0.25) is 0 Å². The van der Waals surface area contributed by atoms with Crippen LogP contribution in [-0.2, 0) is 6.42 Å². The van der Waals surface area contributed by atoms with Crippen LogP contribution in [0.25, 0.3) is 0 Å². The van der Waals surface area contributed by atoms with Crippen LogP contribution in [0.5, 0.6) is 0 Å². The third kappa shape index (κ3) is 2.24. The highest BCUT2D eigenvalue weighted by Crippen LogP contribution is 2.45. The van der Waals surface area contributed by atoms with Crippen LogP contribution < -0.4 is 5.73 Å². The van der Waals surface area contributed by atoms with E-state index in [0.29, 0.717) is 6.04 Å². The van der Waals surface area contributed by atoms with E-state index >= 15 is 0 Å². The summed E-state index contributed by atoms with van der Waals surface area (Å²) in [4.78, 5) is 4.34. The van der Waals surface area contributed by atoms with Gasteiger partial charge in [0, 0.05) is 29.5 Å². The van der Waals surface area contributed by atoms with E-state index in [0.717, 1.165) is 18.4 Å². The summed E-state index contributed by atoms with van der Waals surface area (Å²) in [6.07, 6.45) is 5.09. The Morgan fingerprint density at radius 1 is 1.35 bits per heavy atom. The number of thiophene rings is 1. The number of fused-ring (bicyclic) bond motifs is 1. The molecule has 0 aromatic carbocycles. The molecule has 3 rings (SSSR count). The van der Waals surface area contributed by atoms with Crippen molar-refractivity contribution in [2.45, 2.75) is 58.0 Å². The van der Waals surface area contributed by atoms with E-state index in [1.165, 1.54) is 32.2 Å². The lowest BCUT2D eigenvalue weighted by Crippen LogP contribution is -2.59. The Kier molecular flexibility index (Phi) is 3.95. The van der Waals surface area contributed by atoms with Crippen LogP contribution >= 0.6 is 11.3 Å². The van der Waals surface area contributed by atoms with E-state index in [-0.39, 0.29) is 5.54 Å². The van der Waals surface area contributed by atoms with Crippen molar-refractivity contribution in [2.75, 3.05) is 13.1 Å². The predicted octanol–water partition coefficient (Wildman–Crippen LogP) is 3.82. The van der Waals surface area contributed by atoms with Crippen molar-refractivity contribution < 1.29 is 0 Å². The van der Waals surface area contributed by atoms with Gasteiger partial charge >= 0.3 is 0 Å². The monoisotopic (exact) mass is 292 g/mol. The third-order valence-electron chi connectivity index (χ3n) is 6.00. The molecule has 0 radical (unpaired) electrons. The first-order valence-corrected chi connectivity index (χ1v) is 8.98. The Morgan fingerprint density at radius 3 is 2.85 bits per heavy atom. The molecule has 0 saturated heterocycles. The van der Waals surface area contributed by atoms with Crippen molar-refractivity contribution in [1.29, 1.82) is 0 Å². The molecule has 2 heterocycles. The van der Waals surface area contributed by atoms with Gasteiger partial charge in [0.15, 0.2) is 0 Å². The first-order valence-electron chi connectivity index (χ1n) is 8.10. The molecule has 0 spiro atoms. The highest BCUT2D eigenvalue weighted by Gasteiger charge is 2.44.